The van der Waals surface area contributed by atoms with Crippen molar-refractivity contribution < 1.29 is 9.94 Å². The summed E-state index contributed by atoms with van der Waals surface area (Å²) in [4.78, 5) is 2.25. The quantitative estimate of drug-likeness (QED) is 0.383. The fourth-order valence-electron chi connectivity index (χ4n) is 2.74. The molecule has 0 bridgehead atoms. The molecule has 5 nitrogen and oxygen atoms in total. The van der Waals surface area contributed by atoms with Gasteiger partial charge in [0.05, 0.1) is 6.10 Å². The number of anilines is 1. The minimum Gasteiger partial charge on any atom is -0.409 e. The molecule has 1 aliphatic heterocycles. The number of piperidine rings is 1. The summed E-state index contributed by atoms with van der Waals surface area (Å²) in [6.45, 7) is 5.99. The fraction of sp³-hybridized carbons (Fsp3) is 0.533. The normalized spacial score (nSPS) is 23.9. The second-order valence-electron chi connectivity index (χ2n) is 5.49. The van der Waals surface area contributed by atoms with E-state index in [2.05, 4.69) is 17.0 Å². The topological polar surface area (TPSA) is 71.1 Å². The number of ether oxygens (including phenoxy) is 1. The van der Waals surface area contributed by atoms with Crippen LogP contribution in [0.5, 0.6) is 0 Å². The van der Waals surface area contributed by atoms with Crippen LogP contribution in [0.1, 0.15) is 24.5 Å². The highest BCUT2D eigenvalue weighted by molar-refractivity contribution is 6.02. The van der Waals surface area contributed by atoms with Gasteiger partial charge in [0.2, 0.25) is 0 Å². The van der Waals surface area contributed by atoms with Crippen LogP contribution >= 0.6 is 0 Å². The maximum absolute atomic E-state index is 8.96. The number of methoxy groups -OCH3 is 1. The molecule has 0 spiro atoms. The maximum atomic E-state index is 8.96. The molecule has 0 aromatic heterocycles. The van der Waals surface area contributed by atoms with Crippen LogP contribution in [0.3, 0.4) is 0 Å². The Bertz CT molecular complexity index is 502. The lowest BCUT2D eigenvalue weighted by atomic mass is 9.94. The average Bonchev–Trinajstić information content (AvgIpc) is 2.47. The number of nitrogens with zero attached hydrogens (tertiary/aromatic N) is 2. The second-order valence-corrected chi connectivity index (χ2v) is 5.49. The minimum atomic E-state index is 0.149. The Labute approximate surface area is 120 Å². The first-order valence-electron chi connectivity index (χ1n) is 6.93. The largest absolute Gasteiger partial charge is 0.409 e. The third-order valence-electron chi connectivity index (χ3n) is 4.07. The van der Waals surface area contributed by atoms with Crippen molar-refractivity contribution in [3.05, 3.63) is 29.3 Å². The van der Waals surface area contributed by atoms with E-state index in [4.69, 9.17) is 15.7 Å². The Kier molecular flexibility index (Phi) is 4.49. The number of aryl methyl sites for hydroxylation is 1. The van der Waals surface area contributed by atoms with E-state index in [0.29, 0.717) is 5.92 Å². The van der Waals surface area contributed by atoms with Crippen LogP contribution in [0.15, 0.2) is 23.4 Å². The van der Waals surface area contributed by atoms with Gasteiger partial charge < -0.3 is 20.6 Å². The molecule has 0 amide bonds. The monoisotopic (exact) mass is 277 g/mol. The molecule has 0 radical (unpaired) electrons. The van der Waals surface area contributed by atoms with Gasteiger partial charge in [0.1, 0.15) is 0 Å². The third-order valence-corrected chi connectivity index (χ3v) is 4.07. The Morgan fingerprint density at radius 3 is 2.90 bits per heavy atom. The number of benzene rings is 1. The van der Waals surface area contributed by atoms with Crippen LogP contribution in [0, 0.1) is 12.8 Å². The van der Waals surface area contributed by atoms with Gasteiger partial charge in [0.25, 0.3) is 0 Å². The van der Waals surface area contributed by atoms with Crippen LogP contribution in [-0.4, -0.2) is 37.3 Å². The Hall–Kier alpha value is -1.75. The number of nitrogens with two attached hydrogens (primary N) is 1. The molecule has 1 saturated heterocycles. The maximum Gasteiger partial charge on any atom is 0.172 e. The molecule has 0 saturated carbocycles. The summed E-state index contributed by atoms with van der Waals surface area (Å²) in [5.41, 5.74) is 8.67. The average molecular weight is 277 g/mol. The SMILES string of the molecule is COC1CN(c2ccc(C)cc2/C(N)=N/O)CCC1C. The van der Waals surface area contributed by atoms with E-state index in [1.54, 1.807) is 7.11 Å². The lowest BCUT2D eigenvalue weighted by Crippen LogP contribution is -2.44. The molecular weight excluding hydrogens is 254 g/mol. The van der Waals surface area contributed by atoms with Crippen molar-refractivity contribution in [3.8, 4) is 0 Å². The summed E-state index contributed by atoms with van der Waals surface area (Å²) in [7, 11) is 1.75. The molecule has 20 heavy (non-hydrogen) atoms. The first kappa shape index (κ1) is 14.7. The van der Waals surface area contributed by atoms with E-state index in [-0.39, 0.29) is 11.9 Å². The predicted octanol–water partition coefficient (Wildman–Crippen LogP) is 1.95. The van der Waals surface area contributed by atoms with E-state index < -0.39 is 0 Å². The molecule has 1 fully saturated rings. The van der Waals surface area contributed by atoms with Crippen molar-refractivity contribution in [2.75, 3.05) is 25.1 Å². The van der Waals surface area contributed by atoms with Gasteiger partial charge in [-0.2, -0.15) is 0 Å². The van der Waals surface area contributed by atoms with E-state index in [1.807, 2.05) is 25.1 Å². The molecule has 1 aromatic rings. The number of hydrogen-bond acceptors (Lipinski definition) is 4. The molecular formula is C15H23N3O2. The van der Waals surface area contributed by atoms with Gasteiger partial charge in [-0.3, -0.25) is 0 Å². The van der Waals surface area contributed by atoms with Crippen molar-refractivity contribution in [2.24, 2.45) is 16.8 Å². The van der Waals surface area contributed by atoms with Crippen molar-refractivity contribution >= 4 is 11.5 Å². The van der Waals surface area contributed by atoms with Crippen LogP contribution in [-0.2, 0) is 4.74 Å². The third kappa shape index (κ3) is 2.88. The van der Waals surface area contributed by atoms with Crippen LogP contribution in [0.25, 0.3) is 0 Å². The molecule has 0 aliphatic carbocycles. The van der Waals surface area contributed by atoms with Gasteiger partial charge in [-0.05, 0) is 31.4 Å². The van der Waals surface area contributed by atoms with Crippen LogP contribution in [0.4, 0.5) is 5.69 Å². The highest BCUT2D eigenvalue weighted by Gasteiger charge is 2.27. The first-order chi connectivity index (χ1) is 9.56. The molecule has 1 aliphatic rings. The fourth-order valence-corrected chi connectivity index (χ4v) is 2.74. The molecule has 2 rings (SSSR count). The Balaban J connectivity index is 2.33. The summed E-state index contributed by atoms with van der Waals surface area (Å²) in [5, 5.41) is 12.1. The molecule has 1 aromatic carbocycles. The van der Waals surface area contributed by atoms with Crippen molar-refractivity contribution in [1.29, 1.82) is 0 Å². The zero-order valence-electron chi connectivity index (χ0n) is 12.3. The molecule has 3 N–H and O–H groups in total. The summed E-state index contributed by atoms with van der Waals surface area (Å²) >= 11 is 0. The number of rotatable bonds is 3. The highest BCUT2D eigenvalue weighted by Crippen LogP contribution is 2.28. The van der Waals surface area contributed by atoms with Gasteiger partial charge in [-0.1, -0.05) is 23.7 Å². The van der Waals surface area contributed by atoms with Gasteiger partial charge in [-0.15, -0.1) is 0 Å². The second kappa shape index (κ2) is 6.13. The van der Waals surface area contributed by atoms with Gasteiger partial charge in [-0.25, -0.2) is 0 Å². The molecule has 1 heterocycles. The standard InChI is InChI=1S/C15H23N3O2/c1-10-4-5-13(12(8-10)15(16)17-19)18-7-6-11(2)14(9-18)20-3/h4-5,8,11,14,19H,6-7,9H2,1-3H3,(H2,16,17). The lowest BCUT2D eigenvalue weighted by molar-refractivity contribution is 0.0498. The number of hydrogen-bond donors (Lipinski definition) is 2. The molecule has 2 unspecified atom stereocenters. The Morgan fingerprint density at radius 2 is 2.25 bits per heavy atom. The smallest absolute Gasteiger partial charge is 0.172 e. The molecule has 5 heteroatoms. The van der Waals surface area contributed by atoms with Crippen LogP contribution < -0.4 is 10.6 Å². The van der Waals surface area contributed by atoms with Crippen LogP contribution in [0.2, 0.25) is 0 Å². The van der Waals surface area contributed by atoms with Crippen molar-refractivity contribution in [3.63, 3.8) is 0 Å². The summed E-state index contributed by atoms with van der Waals surface area (Å²) in [6.07, 6.45) is 1.28. The first-order valence-corrected chi connectivity index (χ1v) is 6.93. The summed E-state index contributed by atoms with van der Waals surface area (Å²) in [5.74, 6) is 0.699. The van der Waals surface area contributed by atoms with E-state index in [0.717, 1.165) is 36.3 Å². The summed E-state index contributed by atoms with van der Waals surface area (Å²) < 4.78 is 5.55. The zero-order chi connectivity index (χ0) is 14.7. The van der Waals surface area contributed by atoms with E-state index in [9.17, 15) is 0 Å². The minimum absolute atomic E-state index is 0.149. The van der Waals surface area contributed by atoms with Gasteiger partial charge in [0.15, 0.2) is 5.84 Å². The number of oxime groups is 1. The summed E-state index contributed by atoms with van der Waals surface area (Å²) in [6, 6.07) is 6.03. The predicted molar refractivity (Wildman–Crippen MR) is 80.5 cm³/mol. The molecule has 2 atom stereocenters. The van der Waals surface area contributed by atoms with Crippen molar-refractivity contribution in [1.82, 2.24) is 0 Å². The number of amidine groups is 1. The van der Waals surface area contributed by atoms with E-state index >= 15 is 0 Å². The Morgan fingerprint density at radius 1 is 1.50 bits per heavy atom. The molecule has 110 valence electrons. The lowest BCUT2D eigenvalue weighted by Gasteiger charge is -2.38. The zero-order valence-corrected chi connectivity index (χ0v) is 12.3. The van der Waals surface area contributed by atoms with Gasteiger partial charge >= 0.3 is 0 Å². The van der Waals surface area contributed by atoms with Crippen molar-refractivity contribution in [2.45, 2.75) is 26.4 Å². The highest BCUT2D eigenvalue weighted by atomic mass is 16.5. The van der Waals surface area contributed by atoms with Gasteiger partial charge in [0, 0.05) is 31.5 Å². The van der Waals surface area contributed by atoms with E-state index in [1.165, 1.54) is 0 Å².